The lowest BCUT2D eigenvalue weighted by Crippen LogP contribution is -2.42. The van der Waals surface area contributed by atoms with Gasteiger partial charge in [0.25, 0.3) is 11.7 Å². The van der Waals surface area contributed by atoms with E-state index < -0.39 is 17.7 Å². The predicted octanol–water partition coefficient (Wildman–Crippen LogP) is 3.54. The Balaban J connectivity index is 1.71. The Labute approximate surface area is 200 Å². The number of rotatable bonds is 7. The second-order valence-electron chi connectivity index (χ2n) is 9.05. The van der Waals surface area contributed by atoms with Crippen LogP contribution < -0.4 is 4.74 Å². The number of ketones is 1. The van der Waals surface area contributed by atoms with Gasteiger partial charge >= 0.3 is 0 Å². The molecule has 1 atom stereocenters. The van der Waals surface area contributed by atoms with E-state index in [9.17, 15) is 14.7 Å². The summed E-state index contributed by atoms with van der Waals surface area (Å²) in [7, 11) is 0. The molecular formula is C27H32N2O5. The number of amides is 1. The number of likely N-dealkylation sites (tertiary alicyclic amines) is 1. The zero-order chi connectivity index (χ0) is 24.2. The molecule has 2 heterocycles. The van der Waals surface area contributed by atoms with Gasteiger partial charge in [-0.3, -0.25) is 14.5 Å². The van der Waals surface area contributed by atoms with Crippen LogP contribution >= 0.6 is 0 Å². The van der Waals surface area contributed by atoms with Gasteiger partial charge in [0.2, 0.25) is 0 Å². The van der Waals surface area contributed by atoms with Gasteiger partial charge in [-0.1, -0.05) is 42.0 Å². The predicted molar refractivity (Wildman–Crippen MR) is 130 cm³/mol. The molecule has 180 valence electrons. The summed E-state index contributed by atoms with van der Waals surface area (Å²) in [4.78, 5) is 30.1. The Kier molecular flexibility index (Phi) is 7.34. The van der Waals surface area contributed by atoms with Crippen molar-refractivity contribution in [1.29, 1.82) is 0 Å². The lowest BCUT2D eigenvalue weighted by Gasteiger charge is -2.31. The number of hydrogen-bond donors (Lipinski definition) is 1. The average molecular weight is 465 g/mol. The minimum Gasteiger partial charge on any atom is -0.507 e. The van der Waals surface area contributed by atoms with Crippen LogP contribution in [0.3, 0.4) is 0 Å². The number of morpholine rings is 1. The number of carbonyl (C=O) groups excluding carboxylic acids is 2. The number of Topliss-reactive ketones (excluding diaryl/α,β-unsaturated/α-hetero) is 1. The Morgan fingerprint density at radius 3 is 2.29 bits per heavy atom. The van der Waals surface area contributed by atoms with Crippen LogP contribution in [0.25, 0.3) is 5.76 Å². The van der Waals surface area contributed by atoms with E-state index in [4.69, 9.17) is 9.47 Å². The zero-order valence-electron chi connectivity index (χ0n) is 20.0. The van der Waals surface area contributed by atoms with Crippen LogP contribution in [-0.4, -0.2) is 72.1 Å². The van der Waals surface area contributed by atoms with Crippen molar-refractivity contribution >= 4 is 17.4 Å². The highest BCUT2D eigenvalue weighted by Gasteiger charge is 2.46. The highest BCUT2D eigenvalue weighted by Crippen LogP contribution is 2.39. The molecule has 0 aromatic heterocycles. The smallest absolute Gasteiger partial charge is 0.295 e. The number of aliphatic hydroxyl groups excluding tert-OH is 1. The molecule has 7 nitrogen and oxygen atoms in total. The molecule has 2 saturated heterocycles. The van der Waals surface area contributed by atoms with Gasteiger partial charge in [-0.15, -0.1) is 0 Å². The SMILES string of the molecule is Cc1ccc(C(O)=C2C(=O)C(=O)N(CCN3CCOCC3)[C@H]2c2ccc(OC(C)C)cc2)cc1. The summed E-state index contributed by atoms with van der Waals surface area (Å²) in [5.74, 6) is -0.690. The molecule has 2 aromatic rings. The molecular weight excluding hydrogens is 432 g/mol. The molecule has 2 aromatic carbocycles. The number of aliphatic hydroxyl groups is 1. The van der Waals surface area contributed by atoms with E-state index in [1.54, 1.807) is 17.0 Å². The summed E-state index contributed by atoms with van der Waals surface area (Å²) in [6.07, 6.45) is 0.0338. The summed E-state index contributed by atoms with van der Waals surface area (Å²) >= 11 is 0. The summed E-state index contributed by atoms with van der Waals surface area (Å²) in [5, 5.41) is 11.2. The lowest BCUT2D eigenvalue weighted by molar-refractivity contribution is -0.140. The fraction of sp³-hybridized carbons (Fsp3) is 0.407. The van der Waals surface area contributed by atoms with Crippen molar-refractivity contribution in [2.24, 2.45) is 0 Å². The molecule has 1 amide bonds. The van der Waals surface area contributed by atoms with Crippen molar-refractivity contribution in [1.82, 2.24) is 9.80 Å². The molecule has 2 aliphatic rings. The van der Waals surface area contributed by atoms with Gasteiger partial charge in [-0.25, -0.2) is 0 Å². The molecule has 2 fully saturated rings. The summed E-state index contributed by atoms with van der Waals surface area (Å²) < 4.78 is 11.2. The first-order valence-corrected chi connectivity index (χ1v) is 11.8. The second kappa shape index (κ2) is 10.4. The van der Waals surface area contributed by atoms with Gasteiger partial charge in [-0.05, 0) is 38.5 Å². The molecule has 4 rings (SSSR count). The van der Waals surface area contributed by atoms with E-state index in [1.165, 1.54) is 0 Å². The van der Waals surface area contributed by atoms with Crippen LogP contribution in [0.5, 0.6) is 5.75 Å². The molecule has 7 heteroatoms. The quantitative estimate of drug-likeness (QED) is 0.384. The Hall–Kier alpha value is -3.16. The van der Waals surface area contributed by atoms with E-state index >= 15 is 0 Å². The standard InChI is InChI=1S/C27H32N2O5/c1-18(2)34-22-10-8-20(9-11-22)24-23(25(30)21-6-4-19(3)5-7-21)26(31)27(32)29(24)13-12-28-14-16-33-17-15-28/h4-11,18,24,30H,12-17H2,1-3H3/t24-/m0/s1. The third kappa shape index (κ3) is 5.16. The van der Waals surface area contributed by atoms with Crippen molar-refractivity contribution < 1.29 is 24.2 Å². The summed E-state index contributed by atoms with van der Waals surface area (Å²) in [5.41, 5.74) is 2.43. The summed E-state index contributed by atoms with van der Waals surface area (Å²) in [6.45, 7) is 9.77. The van der Waals surface area contributed by atoms with Crippen molar-refractivity contribution in [3.63, 3.8) is 0 Å². The lowest BCUT2D eigenvalue weighted by atomic mass is 9.95. The molecule has 0 bridgehead atoms. The fourth-order valence-corrected chi connectivity index (χ4v) is 4.40. The maximum absolute atomic E-state index is 13.2. The summed E-state index contributed by atoms with van der Waals surface area (Å²) in [6, 6.07) is 14.0. The van der Waals surface area contributed by atoms with Crippen LogP contribution in [0.4, 0.5) is 0 Å². The normalized spacial score (nSPS) is 20.8. The van der Waals surface area contributed by atoms with Gasteiger partial charge in [0.05, 0.1) is 30.9 Å². The van der Waals surface area contributed by atoms with Crippen LogP contribution in [0.1, 0.15) is 36.6 Å². The van der Waals surface area contributed by atoms with Gasteiger partial charge < -0.3 is 19.5 Å². The molecule has 0 saturated carbocycles. The van der Waals surface area contributed by atoms with Gasteiger partial charge in [0, 0.05) is 31.7 Å². The molecule has 0 spiro atoms. The Morgan fingerprint density at radius 1 is 1.03 bits per heavy atom. The van der Waals surface area contributed by atoms with Crippen molar-refractivity contribution in [3.05, 3.63) is 70.8 Å². The molecule has 1 N–H and O–H groups in total. The van der Waals surface area contributed by atoms with Crippen LogP contribution in [0, 0.1) is 6.92 Å². The van der Waals surface area contributed by atoms with Gasteiger partial charge in [-0.2, -0.15) is 0 Å². The fourth-order valence-electron chi connectivity index (χ4n) is 4.40. The third-order valence-corrected chi connectivity index (χ3v) is 6.19. The number of aryl methyl sites for hydroxylation is 1. The largest absolute Gasteiger partial charge is 0.507 e. The van der Waals surface area contributed by atoms with Crippen molar-refractivity contribution in [2.75, 3.05) is 39.4 Å². The number of carbonyl (C=O) groups is 2. The minimum atomic E-state index is -0.671. The number of hydrogen-bond acceptors (Lipinski definition) is 6. The monoisotopic (exact) mass is 464 g/mol. The minimum absolute atomic E-state index is 0.0338. The van der Waals surface area contributed by atoms with E-state index in [2.05, 4.69) is 4.90 Å². The first-order valence-electron chi connectivity index (χ1n) is 11.8. The molecule has 34 heavy (non-hydrogen) atoms. The zero-order valence-corrected chi connectivity index (χ0v) is 20.0. The topological polar surface area (TPSA) is 79.3 Å². The van der Waals surface area contributed by atoms with Crippen LogP contribution in [0.2, 0.25) is 0 Å². The van der Waals surface area contributed by atoms with Crippen molar-refractivity contribution in [3.8, 4) is 5.75 Å². The van der Waals surface area contributed by atoms with Crippen LogP contribution in [0.15, 0.2) is 54.1 Å². The van der Waals surface area contributed by atoms with Gasteiger partial charge in [0.1, 0.15) is 11.5 Å². The Morgan fingerprint density at radius 2 is 1.68 bits per heavy atom. The molecule has 0 unspecified atom stereocenters. The number of benzene rings is 2. The number of ether oxygens (including phenoxy) is 2. The molecule has 2 aliphatic heterocycles. The maximum atomic E-state index is 13.2. The van der Waals surface area contributed by atoms with Crippen LogP contribution in [-0.2, 0) is 14.3 Å². The Bertz CT molecular complexity index is 1050. The first kappa shape index (κ1) is 24.0. The first-order chi connectivity index (χ1) is 16.3. The average Bonchev–Trinajstić information content (AvgIpc) is 3.08. The highest BCUT2D eigenvalue weighted by atomic mass is 16.5. The van der Waals surface area contributed by atoms with E-state index in [0.717, 1.165) is 24.2 Å². The van der Waals surface area contributed by atoms with Crippen molar-refractivity contribution in [2.45, 2.75) is 32.9 Å². The van der Waals surface area contributed by atoms with E-state index in [-0.39, 0.29) is 17.4 Å². The second-order valence-corrected chi connectivity index (χ2v) is 9.05. The maximum Gasteiger partial charge on any atom is 0.295 e. The van der Waals surface area contributed by atoms with E-state index in [0.29, 0.717) is 37.6 Å². The number of nitrogens with zero attached hydrogens (tertiary/aromatic N) is 2. The molecule has 0 aliphatic carbocycles. The van der Waals surface area contributed by atoms with Gasteiger partial charge in [0.15, 0.2) is 0 Å². The molecule has 0 radical (unpaired) electrons. The third-order valence-electron chi connectivity index (χ3n) is 6.19. The highest BCUT2D eigenvalue weighted by molar-refractivity contribution is 6.46. The van der Waals surface area contributed by atoms with E-state index in [1.807, 2.05) is 57.2 Å².